The molecule has 0 aliphatic heterocycles. The van der Waals surface area contributed by atoms with E-state index in [0.29, 0.717) is 17.0 Å². The van der Waals surface area contributed by atoms with Crippen molar-refractivity contribution < 1.29 is 13.6 Å². The number of fused-ring (bicyclic) bond motifs is 1. The summed E-state index contributed by atoms with van der Waals surface area (Å²) < 4.78 is 28.8. The lowest BCUT2D eigenvalue weighted by molar-refractivity contribution is -0.117. The van der Waals surface area contributed by atoms with E-state index in [2.05, 4.69) is 10.3 Å². The van der Waals surface area contributed by atoms with Crippen LogP contribution in [0.2, 0.25) is 0 Å². The molecule has 1 fully saturated rings. The molecular weight excluding hydrogens is 312 g/mol. The number of anilines is 1. The lowest BCUT2D eigenvalue weighted by Gasteiger charge is -2.07. The highest BCUT2D eigenvalue weighted by Crippen LogP contribution is 2.34. The van der Waals surface area contributed by atoms with E-state index in [-0.39, 0.29) is 18.1 Å². The summed E-state index contributed by atoms with van der Waals surface area (Å²) in [6.45, 7) is 1.85. The molecule has 0 spiro atoms. The Morgan fingerprint density at radius 3 is 2.79 bits per heavy atom. The highest BCUT2D eigenvalue weighted by atomic mass is 19.1. The lowest BCUT2D eigenvalue weighted by Crippen LogP contribution is -2.15. The quantitative estimate of drug-likeness (QED) is 0.796. The summed E-state index contributed by atoms with van der Waals surface area (Å²) in [7, 11) is 0. The van der Waals surface area contributed by atoms with Crippen LogP contribution >= 0.6 is 0 Å². The Bertz CT molecular complexity index is 930. The number of alkyl halides is 1. The van der Waals surface area contributed by atoms with Gasteiger partial charge in [0.2, 0.25) is 5.91 Å². The van der Waals surface area contributed by atoms with Crippen molar-refractivity contribution in [2.24, 2.45) is 5.92 Å². The Labute approximate surface area is 137 Å². The summed E-state index contributed by atoms with van der Waals surface area (Å²) in [4.78, 5) is 16.1. The summed E-state index contributed by atoms with van der Waals surface area (Å²) in [6, 6.07) is 8.50. The van der Waals surface area contributed by atoms with Crippen molar-refractivity contribution in [1.29, 1.82) is 0 Å². The first-order chi connectivity index (χ1) is 11.5. The van der Waals surface area contributed by atoms with Crippen LogP contribution in [0.4, 0.5) is 14.6 Å². The van der Waals surface area contributed by atoms with Crippen molar-refractivity contribution in [3.8, 4) is 11.1 Å². The number of hydrogen-bond acceptors (Lipinski definition) is 2. The summed E-state index contributed by atoms with van der Waals surface area (Å²) in [5, 5.41) is 2.62. The van der Waals surface area contributed by atoms with E-state index >= 15 is 0 Å². The second kappa shape index (κ2) is 5.40. The zero-order chi connectivity index (χ0) is 16.8. The number of nitrogens with zero attached hydrogens (tertiary/aromatic N) is 2. The van der Waals surface area contributed by atoms with Crippen LogP contribution in [0.5, 0.6) is 0 Å². The molecule has 6 heteroatoms. The highest BCUT2D eigenvalue weighted by Gasteiger charge is 2.43. The summed E-state index contributed by atoms with van der Waals surface area (Å²) in [5.41, 5.74) is 2.72. The minimum Gasteiger partial charge on any atom is -0.309 e. The molecule has 1 aromatic carbocycles. The second-order valence-corrected chi connectivity index (χ2v) is 6.09. The van der Waals surface area contributed by atoms with Gasteiger partial charge in [-0.1, -0.05) is 12.1 Å². The Kier molecular flexibility index (Phi) is 3.33. The number of aryl methyl sites for hydroxylation is 1. The third-order valence-corrected chi connectivity index (χ3v) is 4.26. The predicted octanol–water partition coefficient (Wildman–Crippen LogP) is 3.75. The fourth-order valence-corrected chi connectivity index (χ4v) is 2.85. The van der Waals surface area contributed by atoms with Gasteiger partial charge in [0.25, 0.3) is 0 Å². The lowest BCUT2D eigenvalue weighted by atomic mass is 10.0. The van der Waals surface area contributed by atoms with Gasteiger partial charge in [0, 0.05) is 17.3 Å². The van der Waals surface area contributed by atoms with Gasteiger partial charge in [0.15, 0.2) is 5.82 Å². The normalized spacial score (nSPS) is 19.5. The molecule has 122 valence electrons. The minimum absolute atomic E-state index is 0.274. The largest absolute Gasteiger partial charge is 0.309 e. The predicted molar refractivity (Wildman–Crippen MR) is 87.0 cm³/mol. The van der Waals surface area contributed by atoms with Crippen molar-refractivity contribution in [2.45, 2.75) is 19.5 Å². The molecule has 0 radical (unpaired) electrons. The van der Waals surface area contributed by atoms with Crippen LogP contribution in [0.15, 0.2) is 42.7 Å². The molecule has 2 heterocycles. The smallest absolute Gasteiger partial charge is 0.231 e. The maximum Gasteiger partial charge on any atom is 0.231 e. The Balaban J connectivity index is 1.67. The van der Waals surface area contributed by atoms with Gasteiger partial charge in [-0.2, -0.15) is 0 Å². The second-order valence-electron chi connectivity index (χ2n) is 6.09. The molecule has 0 bridgehead atoms. The van der Waals surface area contributed by atoms with Crippen LogP contribution < -0.4 is 5.32 Å². The zero-order valence-electron chi connectivity index (χ0n) is 13.0. The van der Waals surface area contributed by atoms with Crippen molar-refractivity contribution >= 4 is 17.4 Å². The zero-order valence-corrected chi connectivity index (χ0v) is 13.0. The number of aromatic nitrogens is 2. The standard InChI is InChI=1S/C18H15F2N3O/c1-10-3-2-4-13(19)17(10)11-5-6-16-21-15(9-23(16)8-11)22-18(24)12-7-14(12)20/h2-6,8-9,12,14H,7H2,1H3,(H,22,24). The number of pyridine rings is 1. The third kappa shape index (κ3) is 2.54. The SMILES string of the molecule is Cc1cccc(F)c1-c1ccc2nc(NC(=O)C3CC3F)cn2c1. The molecule has 1 amide bonds. The van der Waals surface area contributed by atoms with Crippen LogP contribution in [0.25, 0.3) is 16.8 Å². The van der Waals surface area contributed by atoms with E-state index in [4.69, 9.17) is 0 Å². The summed E-state index contributed by atoms with van der Waals surface area (Å²) in [6.07, 6.45) is 2.63. The number of nitrogens with one attached hydrogen (secondary N) is 1. The summed E-state index contributed by atoms with van der Waals surface area (Å²) in [5.74, 6) is -0.838. The monoisotopic (exact) mass is 327 g/mol. The maximum atomic E-state index is 14.1. The average Bonchev–Trinajstić information content (AvgIpc) is 3.13. The summed E-state index contributed by atoms with van der Waals surface area (Å²) >= 11 is 0. The molecule has 1 aliphatic carbocycles. The highest BCUT2D eigenvalue weighted by molar-refractivity contribution is 5.94. The van der Waals surface area contributed by atoms with E-state index in [1.54, 1.807) is 35.0 Å². The van der Waals surface area contributed by atoms with Crippen LogP contribution in [-0.4, -0.2) is 21.5 Å². The first kappa shape index (κ1) is 14.8. The molecule has 4 rings (SSSR count). The van der Waals surface area contributed by atoms with E-state index in [1.807, 2.05) is 13.0 Å². The van der Waals surface area contributed by atoms with Gasteiger partial charge >= 0.3 is 0 Å². The number of hydrogen-bond donors (Lipinski definition) is 1. The van der Waals surface area contributed by atoms with Gasteiger partial charge < -0.3 is 9.72 Å². The van der Waals surface area contributed by atoms with E-state index < -0.39 is 12.1 Å². The topological polar surface area (TPSA) is 46.4 Å². The average molecular weight is 327 g/mol. The maximum absolute atomic E-state index is 14.1. The Morgan fingerprint density at radius 2 is 2.08 bits per heavy atom. The molecule has 2 unspecified atom stereocenters. The fourth-order valence-electron chi connectivity index (χ4n) is 2.85. The number of carbonyl (C=O) groups is 1. The number of imidazole rings is 1. The van der Waals surface area contributed by atoms with Crippen molar-refractivity contribution in [2.75, 3.05) is 5.32 Å². The van der Waals surface area contributed by atoms with Crippen molar-refractivity contribution in [1.82, 2.24) is 9.38 Å². The molecular formula is C18H15F2N3O. The minimum atomic E-state index is -1.04. The number of halogens is 2. The number of benzene rings is 1. The Hall–Kier alpha value is -2.76. The molecule has 0 saturated heterocycles. The van der Waals surface area contributed by atoms with Crippen LogP contribution in [-0.2, 0) is 4.79 Å². The van der Waals surface area contributed by atoms with Gasteiger partial charge in [0.05, 0.1) is 12.1 Å². The van der Waals surface area contributed by atoms with Gasteiger partial charge in [-0.25, -0.2) is 13.8 Å². The van der Waals surface area contributed by atoms with Gasteiger partial charge in [-0.05, 0) is 37.1 Å². The molecule has 3 aromatic rings. The van der Waals surface area contributed by atoms with Crippen molar-refractivity contribution in [3.05, 3.63) is 54.1 Å². The fraction of sp³-hybridized carbons (Fsp3) is 0.222. The van der Waals surface area contributed by atoms with Crippen molar-refractivity contribution in [3.63, 3.8) is 0 Å². The molecule has 1 aliphatic rings. The Morgan fingerprint density at radius 1 is 1.29 bits per heavy atom. The molecule has 24 heavy (non-hydrogen) atoms. The van der Waals surface area contributed by atoms with E-state index in [1.165, 1.54) is 6.07 Å². The van der Waals surface area contributed by atoms with Gasteiger partial charge in [0.1, 0.15) is 17.6 Å². The van der Waals surface area contributed by atoms with Crippen LogP contribution in [0, 0.1) is 18.7 Å². The molecule has 2 atom stereocenters. The number of amides is 1. The molecule has 1 saturated carbocycles. The van der Waals surface area contributed by atoms with E-state index in [0.717, 1.165) is 11.1 Å². The van der Waals surface area contributed by atoms with Crippen LogP contribution in [0.3, 0.4) is 0 Å². The number of rotatable bonds is 3. The molecule has 1 N–H and O–H groups in total. The van der Waals surface area contributed by atoms with Crippen LogP contribution in [0.1, 0.15) is 12.0 Å². The molecule has 2 aromatic heterocycles. The first-order valence-electron chi connectivity index (χ1n) is 7.72. The third-order valence-electron chi connectivity index (χ3n) is 4.26. The van der Waals surface area contributed by atoms with E-state index in [9.17, 15) is 13.6 Å². The molecule has 4 nitrogen and oxygen atoms in total. The van der Waals surface area contributed by atoms with Gasteiger partial charge in [-0.3, -0.25) is 4.79 Å². The number of carbonyl (C=O) groups excluding carboxylic acids is 1. The van der Waals surface area contributed by atoms with Gasteiger partial charge in [-0.15, -0.1) is 0 Å². The first-order valence-corrected chi connectivity index (χ1v) is 7.72.